The van der Waals surface area contributed by atoms with Crippen molar-refractivity contribution < 1.29 is 23.8 Å². The smallest absolute Gasteiger partial charge is 0.261 e. The number of thiocarbonyl (C=S) groups is 1. The molecule has 0 aliphatic rings. The topological polar surface area (TPSA) is 93.0 Å². The van der Waals surface area contributed by atoms with Gasteiger partial charge in [-0.25, -0.2) is 0 Å². The number of nitrogens with one attached hydrogen (secondary N) is 2. The number of benzene rings is 2. The number of ether oxygens (including phenoxy) is 2. The third-order valence-electron chi connectivity index (χ3n) is 4.18. The number of hydrogen-bond donors (Lipinski definition) is 3. The minimum absolute atomic E-state index is 0.0948. The quantitative estimate of drug-likeness (QED) is 0.488. The van der Waals surface area contributed by atoms with Gasteiger partial charge in [0.15, 0.2) is 5.11 Å². The third-order valence-corrected chi connectivity index (χ3v) is 4.61. The molecule has 1 amide bonds. The summed E-state index contributed by atoms with van der Waals surface area (Å²) in [5.41, 5.74) is 1.58. The van der Waals surface area contributed by atoms with Crippen molar-refractivity contribution in [3.05, 3.63) is 64.9 Å². The molecule has 3 rings (SSSR count). The van der Waals surface area contributed by atoms with Gasteiger partial charge in [-0.1, -0.05) is 11.6 Å². The van der Waals surface area contributed by atoms with E-state index in [-0.39, 0.29) is 17.3 Å². The summed E-state index contributed by atoms with van der Waals surface area (Å²) in [7, 11) is 3.00. The van der Waals surface area contributed by atoms with E-state index >= 15 is 0 Å². The highest BCUT2D eigenvalue weighted by molar-refractivity contribution is 7.80. The molecule has 0 atom stereocenters. The maximum absolute atomic E-state index is 12.5. The number of anilines is 1. The molecule has 0 bridgehead atoms. The standard InChI is InChI=1S/C21H19ClN2O5S/c1-27-17-7-3-12(22)9-16(17)20(26)24-21(30)23-13-4-6-15(19(10-13)28-2)18-8-5-14(11-25)29-18/h3-10,25H,11H2,1-2H3,(H2,23,24,26,30). The number of furan rings is 1. The van der Waals surface area contributed by atoms with Crippen LogP contribution in [0, 0.1) is 0 Å². The number of carbonyl (C=O) groups excluding carboxylic acids is 1. The molecule has 3 aromatic rings. The van der Waals surface area contributed by atoms with Crippen molar-refractivity contribution in [3.63, 3.8) is 0 Å². The van der Waals surface area contributed by atoms with Gasteiger partial charge in [0.05, 0.1) is 25.3 Å². The third kappa shape index (κ3) is 4.91. The van der Waals surface area contributed by atoms with Crippen molar-refractivity contribution in [3.8, 4) is 22.8 Å². The Bertz CT molecular complexity index is 1080. The average molecular weight is 447 g/mol. The molecule has 2 aromatic carbocycles. The van der Waals surface area contributed by atoms with Gasteiger partial charge in [0.2, 0.25) is 0 Å². The zero-order valence-electron chi connectivity index (χ0n) is 16.2. The Labute approximate surface area is 183 Å². The molecule has 0 radical (unpaired) electrons. The van der Waals surface area contributed by atoms with Crippen molar-refractivity contribution in [2.75, 3.05) is 19.5 Å². The molecule has 7 nitrogen and oxygen atoms in total. The van der Waals surface area contributed by atoms with Crippen LogP contribution in [0.4, 0.5) is 5.69 Å². The van der Waals surface area contributed by atoms with E-state index < -0.39 is 5.91 Å². The van der Waals surface area contributed by atoms with Crippen LogP contribution in [0.3, 0.4) is 0 Å². The molecule has 0 unspecified atom stereocenters. The molecule has 156 valence electrons. The second-order valence-corrected chi connectivity index (χ2v) is 6.94. The molecule has 30 heavy (non-hydrogen) atoms. The van der Waals surface area contributed by atoms with Gasteiger partial charge in [-0.2, -0.15) is 0 Å². The fraction of sp³-hybridized carbons (Fsp3) is 0.143. The minimum atomic E-state index is -0.456. The van der Waals surface area contributed by atoms with Gasteiger partial charge in [0.1, 0.15) is 29.6 Å². The monoisotopic (exact) mass is 446 g/mol. The van der Waals surface area contributed by atoms with Gasteiger partial charge in [-0.05, 0) is 54.7 Å². The van der Waals surface area contributed by atoms with Gasteiger partial charge in [0, 0.05) is 16.8 Å². The summed E-state index contributed by atoms with van der Waals surface area (Å²) in [4.78, 5) is 12.5. The molecular weight excluding hydrogens is 428 g/mol. The lowest BCUT2D eigenvalue weighted by Crippen LogP contribution is -2.34. The summed E-state index contributed by atoms with van der Waals surface area (Å²) in [6.07, 6.45) is 0. The molecule has 1 heterocycles. The van der Waals surface area contributed by atoms with Crippen LogP contribution >= 0.6 is 23.8 Å². The molecule has 9 heteroatoms. The van der Waals surface area contributed by atoms with Crippen LogP contribution in [0.25, 0.3) is 11.3 Å². The molecule has 3 N–H and O–H groups in total. The first kappa shape index (κ1) is 21.6. The summed E-state index contributed by atoms with van der Waals surface area (Å²) >= 11 is 11.2. The van der Waals surface area contributed by atoms with Crippen LogP contribution in [-0.4, -0.2) is 30.3 Å². The Hall–Kier alpha value is -3.07. The van der Waals surface area contributed by atoms with Crippen LogP contribution in [0.15, 0.2) is 52.9 Å². The van der Waals surface area contributed by atoms with Crippen LogP contribution in [0.2, 0.25) is 5.02 Å². The zero-order valence-corrected chi connectivity index (χ0v) is 17.8. The van der Waals surface area contributed by atoms with E-state index in [1.807, 2.05) is 0 Å². The SMILES string of the molecule is COc1ccc(Cl)cc1C(=O)NC(=S)Nc1ccc(-c2ccc(CO)o2)c(OC)c1. The zero-order chi connectivity index (χ0) is 21.7. The van der Waals surface area contributed by atoms with Gasteiger partial charge < -0.3 is 24.3 Å². The molecule has 0 aliphatic heterocycles. The Morgan fingerprint density at radius 3 is 2.53 bits per heavy atom. The molecular formula is C21H19ClN2O5S. The predicted octanol–water partition coefficient (Wildman–Crippen LogP) is 4.24. The highest BCUT2D eigenvalue weighted by Gasteiger charge is 2.16. The lowest BCUT2D eigenvalue weighted by atomic mass is 10.1. The number of carbonyl (C=O) groups is 1. The summed E-state index contributed by atoms with van der Waals surface area (Å²) in [6, 6.07) is 13.4. The Morgan fingerprint density at radius 2 is 1.87 bits per heavy atom. The van der Waals surface area contributed by atoms with E-state index in [4.69, 9.17) is 37.7 Å². The Balaban J connectivity index is 1.74. The van der Waals surface area contributed by atoms with E-state index in [9.17, 15) is 9.90 Å². The van der Waals surface area contributed by atoms with E-state index in [1.54, 1.807) is 42.5 Å². The highest BCUT2D eigenvalue weighted by atomic mass is 35.5. The number of aliphatic hydroxyl groups is 1. The fourth-order valence-electron chi connectivity index (χ4n) is 2.77. The van der Waals surface area contributed by atoms with Gasteiger partial charge >= 0.3 is 0 Å². The lowest BCUT2D eigenvalue weighted by Gasteiger charge is -2.13. The number of rotatable bonds is 6. The predicted molar refractivity (Wildman–Crippen MR) is 118 cm³/mol. The summed E-state index contributed by atoms with van der Waals surface area (Å²) in [5, 5.41) is 15.2. The molecule has 1 aromatic heterocycles. The first-order valence-corrected chi connectivity index (χ1v) is 9.57. The highest BCUT2D eigenvalue weighted by Crippen LogP contribution is 2.33. The molecule has 0 saturated heterocycles. The van der Waals surface area contributed by atoms with Crippen LogP contribution in [-0.2, 0) is 6.61 Å². The second kappa shape index (κ2) is 9.62. The van der Waals surface area contributed by atoms with Crippen LogP contribution in [0.5, 0.6) is 11.5 Å². The number of hydrogen-bond acceptors (Lipinski definition) is 6. The largest absolute Gasteiger partial charge is 0.496 e. The Morgan fingerprint density at radius 1 is 1.10 bits per heavy atom. The van der Waals surface area contributed by atoms with Crippen molar-refractivity contribution in [2.45, 2.75) is 6.61 Å². The summed E-state index contributed by atoms with van der Waals surface area (Å²) in [6.45, 7) is -0.187. The number of methoxy groups -OCH3 is 2. The first-order valence-electron chi connectivity index (χ1n) is 8.79. The van der Waals surface area contributed by atoms with E-state index in [2.05, 4.69) is 10.6 Å². The van der Waals surface area contributed by atoms with Gasteiger partial charge in [-0.15, -0.1) is 0 Å². The van der Waals surface area contributed by atoms with Crippen molar-refractivity contribution in [2.24, 2.45) is 0 Å². The first-order chi connectivity index (χ1) is 14.4. The number of amides is 1. The van der Waals surface area contributed by atoms with Crippen molar-refractivity contribution in [1.82, 2.24) is 5.32 Å². The minimum Gasteiger partial charge on any atom is -0.496 e. The Kier molecular flexibility index (Phi) is 6.94. The fourth-order valence-corrected chi connectivity index (χ4v) is 3.15. The number of halogens is 1. The van der Waals surface area contributed by atoms with E-state index in [1.165, 1.54) is 20.3 Å². The molecule has 0 spiro atoms. The maximum Gasteiger partial charge on any atom is 0.261 e. The molecule has 0 aliphatic carbocycles. The van der Waals surface area contributed by atoms with Gasteiger partial charge in [0.25, 0.3) is 5.91 Å². The van der Waals surface area contributed by atoms with Gasteiger partial charge in [-0.3, -0.25) is 10.1 Å². The maximum atomic E-state index is 12.5. The van der Waals surface area contributed by atoms with E-state index in [0.717, 1.165) is 0 Å². The number of aliphatic hydroxyl groups excluding tert-OH is 1. The van der Waals surface area contributed by atoms with Crippen molar-refractivity contribution >= 4 is 40.5 Å². The second-order valence-electron chi connectivity index (χ2n) is 6.09. The molecule has 0 fully saturated rings. The van der Waals surface area contributed by atoms with Crippen LogP contribution in [0.1, 0.15) is 16.1 Å². The summed E-state index contributed by atoms with van der Waals surface area (Å²) < 4.78 is 16.2. The normalized spacial score (nSPS) is 10.4. The average Bonchev–Trinajstić information content (AvgIpc) is 3.22. The van der Waals surface area contributed by atoms with Crippen LogP contribution < -0.4 is 20.1 Å². The van der Waals surface area contributed by atoms with E-state index in [0.29, 0.717) is 39.3 Å². The molecule has 0 saturated carbocycles. The lowest BCUT2D eigenvalue weighted by molar-refractivity contribution is 0.0975. The summed E-state index contributed by atoms with van der Waals surface area (Å²) in [5.74, 6) is 1.47. The van der Waals surface area contributed by atoms with Crippen molar-refractivity contribution in [1.29, 1.82) is 0 Å².